The van der Waals surface area contributed by atoms with Crippen molar-refractivity contribution in [1.82, 2.24) is 31.9 Å². The average molecular weight is 727 g/mol. The maximum absolute atomic E-state index is 13.8. The zero-order valence-corrected chi connectivity index (χ0v) is 31.1. The van der Waals surface area contributed by atoms with E-state index in [4.69, 9.17) is 22.9 Å². The van der Waals surface area contributed by atoms with Gasteiger partial charge in [0.2, 0.25) is 35.4 Å². The number of nitrogens with zero attached hydrogens (tertiary/aromatic N) is 2. The number of aliphatic hydroxyl groups is 1. The van der Waals surface area contributed by atoms with Gasteiger partial charge in [0.05, 0.1) is 6.10 Å². The summed E-state index contributed by atoms with van der Waals surface area (Å²) in [5.74, 6) is -4.77. The number of amides is 6. The molecule has 15 N–H and O–H groups in total. The Hall–Kier alpha value is -4.68. The van der Waals surface area contributed by atoms with Crippen molar-refractivity contribution < 1.29 is 33.9 Å². The average Bonchev–Trinajstić information content (AvgIpc) is 3.05. The van der Waals surface area contributed by atoms with E-state index in [-0.39, 0.29) is 50.2 Å². The van der Waals surface area contributed by atoms with Crippen LogP contribution >= 0.6 is 0 Å². The number of aliphatic imine (C=N–C) groups is 2. The lowest BCUT2D eigenvalue weighted by atomic mass is 9.96. The molecule has 0 fully saturated rings. The smallest absolute Gasteiger partial charge is 0.245 e. The molecule has 0 radical (unpaired) electrons. The van der Waals surface area contributed by atoms with E-state index >= 15 is 0 Å². The lowest BCUT2D eigenvalue weighted by Gasteiger charge is -2.30. The van der Waals surface area contributed by atoms with Crippen LogP contribution in [0.3, 0.4) is 0 Å². The molecule has 0 saturated heterocycles. The summed E-state index contributed by atoms with van der Waals surface area (Å²) in [4.78, 5) is 86.6. The van der Waals surface area contributed by atoms with Gasteiger partial charge in [0.25, 0.3) is 0 Å². The Morgan fingerprint density at radius 2 is 0.980 bits per heavy atom. The minimum atomic E-state index is -1.50. The third-order valence-corrected chi connectivity index (χ3v) is 8.22. The molecule has 51 heavy (non-hydrogen) atoms. The predicted molar refractivity (Wildman–Crippen MR) is 194 cm³/mol. The summed E-state index contributed by atoms with van der Waals surface area (Å²) in [6, 6.07) is -5.81. The van der Waals surface area contributed by atoms with E-state index in [0.29, 0.717) is 25.8 Å². The molecule has 0 rings (SSSR count). The third kappa shape index (κ3) is 18.2. The Morgan fingerprint density at radius 1 is 0.588 bits per heavy atom. The fraction of sp³-hybridized carbons (Fsp3) is 0.750. The number of carbonyl (C=O) groups is 6. The van der Waals surface area contributed by atoms with Crippen LogP contribution in [-0.2, 0) is 28.8 Å². The van der Waals surface area contributed by atoms with Crippen molar-refractivity contribution in [1.29, 1.82) is 0 Å². The highest BCUT2D eigenvalue weighted by atomic mass is 16.3. The summed E-state index contributed by atoms with van der Waals surface area (Å²) in [5, 5.41) is 26.3. The molecule has 0 heterocycles. The second-order valence-electron chi connectivity index (χ2n) is 12.6. The van der Waals surface area contributed by atoms with Gasteiger partial charge in [-0.2, -0.15) is 0 Å². The van der Waals surface area contributed by atoms with E-state index < -0.39 is 77.7 Å². The fourth-order valence-corrected chi connectivity index (χ4v) is 4.89. The Balaban J connectivity index is 6.29. The number of hydrogen-bond acceptors (Lipinski definition) is 9. The molecule has 0 saturated carbocycles. The molecule has 0 aliphatic rings. The van der Waals surface area contributed by atoms with E-state index in [9.17, 15) is 33.9 Å². The van der Waals surface area contributed by atoms with Crippen LogP contribution in [0.1, 0.15) is 87.0 Å². The van der Waals surface area contributed by atoms with Gasteiger partial charge in [0, 0.05) is 26.6 Å². The molecule has 0 aliphatic carbocycles. The molecule has 292 valence electrons. The first-order valence-corrected chi connectivity index (χ1v) is 17.4. The minimum Gasteiger partial charge on any atom is -0.391 e. The standard InChI is InChI=1S/C32H62N12O7/c1-8-17(4)23(40-20(7)46)29(50)44-25(19(6)45)30(51)42-22(14-12-16-39-32(35)36)27(48)43-24(18(5)9-2)28(49)41-21(26(47)37-10-3)13-11-15-38-31(33)34/h17-19,21-25,45H,8-16H2,1-7H3,(H,37,47)(H,40,46)(H,41,49)(H,42,51)(H,43,48)(H,44,50)(H4,33,34,38)(H4,35,36,39)/t17-,18-,19+,21-,22-,23+,24-,25-/m0/s1. The summed E-state index contributed by atoms with van der Waals surface area (Å²) in [6.07, 6.45) is 0.450. The van der Waals surface area contributed by atoms with Crippen molar-refractivity contribution in [2.24, 2.45) is 44.8 Å². The topological polar surface area (TPSA) is 324 Å². The van der Waals surface area contributed by atoms with Crippen molar-refractivity contribution in [3.8, 4) is 0 Å². The molecule has 0 aromatic heterocycles. The van der Waals surface area contributed by atoms with E-state index in [0.717, 1.165) is 0 Å². The van der Waals surface area contributed by atoms with Gasteiger partial charge >= 0.3 is 0 Å². The number of rotatable bonds is 24. The van der Waals surface area contributed by atoms with Gasteiger partial charge in [-0.1, -0.05) is 40.5 Å². The minimum absolute atomic E-state index is 0.0113. The first kappa shape index (κ1) is 46.3. The molecular weight excluding hydrogens is 664 g/mol. The van der Waals surface area contributed by atoms with Gasteiger partial charge in [-0.15, -0.1) is 0 Å². The Bertz CT molecular complexity index is 1210. The maximum Gasteiger partial charge on any atom is 0.245 e. The van der Waals surface area contributed by atoms with Crippen LogP contribution in [0.25, 0.3) is 0 Å². The molecule has 0 spiro atoms. The lowest BCUT2D eigenvalue weighted by Crippen LogP contribution is -2.62. The largest absolute Gasteiger partial charge is 0.391 e. The molecular formula is C32H62N12O7. The van der Waals surface area contributed by atoms with Crippen molar-refractivity contribution >= 4 is 47.4 Å². The van der Waals surface area contributed by atoms with Crippen molar-refractivity contribution in [3.63, 3.8) is 0 Å². The fourth-order valence-electron chi connectivity index (χ4n) is 4.89. The number of aliphatic hydroxyl groups excluding tert-OH is 1. The van der Waals surface area contributed by atoms with Crippen molar-refractivity contribution in [2.75, 3.05) is 19.6 Å². The van der Waals surface area contributed by atoms with E-state index in [1.165, 1.54) is 13.8 Å². The summed E-state index contributed by atoms with van der Waals surface area (Å²) < 4.78 is 0. The zero-order chi connectivity index (χ0) is 39.3. The highest BCUT2D eigenvalue weighted by molar-refractivity contribution is 5.96. The number of likely N-dealkylation sites (N-methyl/N-ethyl adjacent to an activating group) is 1. The lowest BCUT2D eigenvalue weighted by molar-refractivity contribution is -0.137. The monoisotopic (exact) mass is 726 g/mol. The molecule has 0 aromatic rings. The highest BCUT2D eigenvalue weighted by Gasteiger charge is 2.35. The van der Waals surface area contributed by atoms with Crippen LogP contribution < -0.4 is 54.8 Å². The summed E-state index contributed by atoms with van der Waals surface area (Å²) in [7, 11) is 0. The van der Waals surface area contributed by atoms with Gasteiger partial charge in [0.15, 0.2) is 11.9 Å². The first-order chi connectivity index (χ1) is 23.9. The van der Waals surface area contributed by atoms with Gasteiger partial charge in [-0.25, -0.2) is 0 Å². The van der Waals surface area contributed by atoms with Gasteiger partial charge in [0.1, 0.15) is 30.2 Å². The number of hydrogen-bond donors (Lipinski definition) is 11. The SMILES string of the molecule is CCNC(=O)[C@H](CCCN=C(N)N)NC(=O)[C@@H](NC(=O)[C@H](CCCN=C(N)N)NC(=O)[C@@H](NC(=O)[C@H](NC(C)=O)[C@@H](C)CC)[C@@H](C)O)[C@@H](C)CC. The van der Waals surface area contributed by atoms with E-state index in [2.05, 4.69) is 41.9 Å². The second-order valence-corrected chi connectivity index (χ2v) is 12.6. The molecule has 19 nitrogen and oxygen atoms in total. The van der Waals surface area contributed by atoms with Crippen LogP contribution in [0, 0.1) is 11.8 Å². The van der Waals surface area contributed by atoms with Crippen LogP contribution in [0.5, 0.6) is 0 Å². The normalized spacial score (nSPS) is 15.5. The number of nitrogens with two attached hydrogens (primary N) is 4. The zero-order valence-electron chi connectivity index (χ0n) is 31.1. The van der Waals surface area contributed by atoms with Crippen LogP contribution in [-0.4, -0.2) is 108 Å². The van der Waals surface area contributed by atoms with Crippen LogP contribution in [0.4, 0.5) is 0 Å². The summed E-state index contributed by atoms with van der Waals surface area (Å²) in [6.45, 7) is 12.1. The third-order valence-electron chi connectivity index (χ3n) is 8.22. The predicted octanol–water partition coefficient (Wildman–Crippen LogP) is -2.85. The van der Waals surface area contributed by atoms with Crippen molar-refractivity contribution in [2.45, 2.75) is 123 Å². The number of carbonyl (C=O) groups excluding carboxylic acids is 6. The van der Waals surface area contributed by atoms with Crippen LogP contribution in [0.2, 0.25) is 0 Å². The molecule has 19 heteroatoms. The Labute approximate surface area is 300 Å². The Morgan fingerprint density at radius 3 is 1.37 bits per heavy atom. The van der Waals surface area contributed by atoms with Crippen LogP contribution in [0.15, 0.2) is 9.98 Å². The first-order valence-electron chi connectivity index (χ1n) is 17.4. The molecule has 0 bridgehead atoms. The molecule has 0 unspecified atom stereocenters. The van der Waals surface area contributed by atoms with Gasteiger partial charge < -0.3 is 59.9 Å². The highest BCUT2D eigenvalue weighted by Crippen LogP contribution is 2.12. The summed E-state index contributed by atoms with van der Waals surface area (Å²) in [5.41, 5.74) is 21.6. The number of nitrogens with one attached hydrogen (secondary N) is 6. The van der Waals surface area contributed by atoms with Gasteiger partial charge in [-0.05, 0) is 51.4 Å². The number of guanidine groups is 2. The van der Waals surface area contributed by atoms with E-state index in [1.807, 2.05) is 13.8 Å². The molecule has 0 aliphatic heterocycles. The maximum atomic E-state index is 13.8. The van der Waals surface area contributed by atoms with E-state index in [1.54, 1.807) is 20.8 Å². The Kier molecular flexibility index (Phi) is 22.2. The molecule has 0 aromatic carbocycles. The molecule has 6 amide bonds. The molecule has 8 atom stereocenters. The summed E-state index contributed by atoms with van der Waals surface area (Å²) >= 11 is 0. The second kappa shape index (κ2) is 24.5. The quantitative estimate of drug-likeness (QED) is 0.0273. The van der Waals surface area contributed by atoms with Crippen molar-refractivity contribution in [3.05, 3.63) is 0 Å². The van der Waals surface area contributed by atoms with Gasteiger partial charge in [-0.3, -0.25) is 38.8 Å².